The van der Waals surface area contributed by atoms with Crippen molar-refractivity contribution in [2.45, 2.75) is 19.4 Å². The molecule has 0 saturated heterocycles. The molecule has 0 heterocycles. The normalized spacial score (nSPS) is 11.7. The van der Waals surface area contributed by atoms with Crippen LogP contribution in [0.2, 0.25) is 0 Å². The number of rotatable bonds is 6. The SMILES string of the molecule is CC(NC(=O)CCNc1cccc(Br)c1)c1ccccc1. The zero-order valence-electron chi connectivity index (χ0n) is 12.0. The molecule has 0 spiro atoms. The summed E-state index contributed by atoms with van der Waals surface area (Å²) in [5.74, 6) is 0.0499. The summed E-state index contributed by atoms with van der Waals surface area (Å²) < 4.78 is 1.02. The molecular formula is C17H19BrN2O. The molecule has 0 fully saturated rings. The van der Waals surface area contributed by atoms with Crippen LogP contribution in [-0.2, 0) is 4.79 Å². The highest BCUT2D eigenvalue weighted by Gasteiger charge is 2.08. The van der Waals surface area contributed by atoms with Crippen LogP contribution in [0.5, 0.6) is 0 Å². The number of amides is 1. The molecule has 0 aliphatic heterocycles. The Balaban J connectivity index is 1.75. The Hall–Kier alpha value is -1.81. The molecule has 1 amide bonds. The number of anilines is 1. The Bertz CT molecular complexity index is 586. The van der Waals surface area contributed by atoms with Crippen LogP contribution in [-0.4, -0.2) is 12.5 Å². The van der Waals surface area contributed by atoms with Crippen LogP contribution in [0.1, 0.15) is 24.9 Å². The van der Waals surface area contributed by atoms with E-state index in [0.29, 0.717) is 13.0 Å². The van der Waals surface area contributed by atoms with Crippen LogP contribution in [0.3, 0.4) is 0 Å². The minimum Gasteiger partial charge on any atom is -0.384 e. The van der Waals surface area contributed by atoms with E-state index in [9.17, 15) is 4.79 Å². The minimum absolute atomic E-state index is 0.0320. The maximum Gasteiger partial charge on any atom is 0.222 e. The maximum absolute atomic E-state index is 11.9. The average molecular weight is 347 g/mol. The van der Waals surface area contributed by atoms with E-state index in [1.54, 1.807) is 0 Å². The zero-order chi connectivity index (χ0) is 15.1. The Morgan fingerprint density at radius 1 is 1.14 bits per heavy atom. The lowest BCUT2D eigenvalue weighted by Gasteiger charge is -2.14. The molecular weight excluding hydrogens is 328 g/mol. The third kappa shape index (κ3) is 5.23. The molecule has 21 heavy (non-hydrogen) atoms. The second-order valence-corrected chi connectivity index (χ2v) is 5.80. The van der Waals surface area contributed by atoms with E-state index in [2.05, 4.69) is 26.6 Å². The highest BCUT2D eigenvalue weighted by Crippen LogP contribution is 2.15. The van der Waals surface area contributed by atoms with E-state index in [4.69, 9.17) is 0 Å². The molecule has 2 aromatic rings. The molecule has 0 aliphatic rings. The van der Waals surface area contributed by atoms with Crippen molar-refractivity contribution in [2.24, 2.45) is 0 Å². The van der Waals surface area contributed by atoms with Gasteiger partial charge in [0.25, 0.3) is 0 Å². The van der Waals surface area contributed by atoms with Gasteiger partial charge in [0.15, 0.2) is 0 Å². The van der Waals surface area contributed by atoms with Gasteiger partial charge in [-0.15, -0.1) is 0 Å². The van der Waals surface area contributed by atoms with Crippen molar-refractivity contribution in [2.75, 3.05) is 11.9 Å². The molecule has 4 heteroatoms. The van der Waals surface area contributed by atoms with Crippen molar-refractivity contribution in [1.82, 2.24) is 5.32 Å². The van der Waals surface area contributed by atoms with Crippen LogP contribution in [0.15, 0.2) is 59.1 Å². The van der Waals surface area contributed by atoms with Gasteiger partial charge in [0, 0.05) is 23.1 Å². The Morgan fingerprint density at radius 2 is 1.90 bits per heavy atom. The van der Waals surface area contributed by atoms with Crippen molar-refractivity contribution in [1.29, 1.82) is 0 Å². The van der Waals surface area contributed by atoms with Gasteiger partial charge in [0.05, 0.1) is 6.04 Å². The van der Waals surface area contributed by atoms with Crippen LogP contribution in [0, 0.1) is 0 Å². The molecule has 3 nitrogen and oxygen atoms in total. The summed E-state index contributed by atoms with van der Waals surface area (Å²) in [6.07, 6.45) is 0.448. The predicted octanol–water partition coefficient (Wildman–Crippen LogP) is 4.13. The molecule has 2 aromatic carbocycles. The van der Waals surface area contributed by atoms with Gasteiger partial charge in [-0.1, -0.05) is 52.3 Å². The topological polar surface area (TPSA) is 41.1 Å². The lowest BCUT2D eigenvalue weighted by molar-refractivity contribution is -0.121. The predicted molar refractivity (Wildman–Crippen MR) is 90.2 cm³/mol. The molecule has 1 unspecified atom stereocenters. The first-order valence-corrected chi connectivity index (χ1v) is 7.78. The zero-order valence-corrected chi connectivity index (χ0v) is 13.6. The van der Waals surface area contributed by atoms with Crippen LogP contribution in [0.4, 0.5) is 5.69 Å². The second-order valence-electron chi connectivity index (χ2n) is 4.89. The fraction of sp³-hybridized carbons (Fsp3) is 0.235. The van der Waals surface area contributed by atoms with E-state index in [-0.39, 0.29) is 11.9 Å². The molecule has 0 saturated carbocycles. The van der Waals surface area contributed by atoms with E-state index < -0.39 is 0 Å². The Morgan fingerprint density at radius 3 is 2.62 bits per heavy atom. The van der Waals surface area contributed by atoms with Gasteiger partial charge in [0.1, 0.15) is 0 Å². The second kappa shape index (κ2) is 7.84. The van der Waals surface area contributed by atoms with Gasteiger partial charge in [-0.05, 0) is 30.7 Å². The fourth-order valence-electron chi connectivity index (χ4n) is 2.06. The standard InChI is InChI=1S/C17H19BrN2O/c1-13(14-6-3-2-4-7-14)20-17(21)10-11-19-16-9-5-8-15(18)12-16/h2-9,12-13,19H,10-11H2,1H3,(H,20,21). The minimum atomic E-state index is 0.0320. The molecule has 110 valence electrons. The summed E-state index contributed by atoms with van der Waals surface area (Å²) in [5.41, 5.74) is 2.12. The number of hydrogen-bond acceptors (Lipinski definition) is 2. The van der Waals surface area contributed by atoms with Gasteiger partial charge >= 0.3 is 0 Å². The third-order valence-electron chi connectivity index (χ3n) is 3.18. The van der Waals surface area contributed by atoms with E-state index >= 15 is 0 Å². The number of benzene rings is 2. The molecule has 2 rings (SSSR count). The van der Waals surface area contributed by atoms with Crippen molar-refractivity contribution < 1.29 is 4.79 Å². The van der Waals surface area contributed by atoms with Crippen LogP contribution in [0.25, 0.3) is 0 Å². The monoisotopic (exact) mass is 346 g/mol. The molecule has 0 radical (unpaired) electrons. The first-order chi connectivity index (χ1) is 10.1. The van der Waals surface area contributed by atoms with Crippen LogP contribution < -0.4 is 10.6 Å². The summed E-state index contributed by atoms with van der Waals surface area (Å²) in [7, 11) is 0. The molecule has 0 bridgehead atoms. The molecule has 0 aliphatic carbocycles. The fourth-order valence-corrected chi connectivity index (χ4v) is 2.46. The van der Waals surface area contributed by atoms with Crippen molar-refractivity contribution in [3.63, 3.8) is 0 Å². The first-order valence-electron chi connectivity index (χ1n) is 6.99. The van der Waals surface area contributed by atoms with Gasteiger partial charge in [-0.25, -0.2) is 0 Å². The molecule has 1 atom stereocenters. The quantitative estimate of drug-likeness (QED) is 0.825. The molecule has 0 aromatic heterocycles. The summed E-state index contributed by atoms with van der Waals surface area (Å²) >= 11 is 3.42. The largest absolute Gasteiger partial charge is 0.384 e. The average Bonchev–Trinajstić information content (AvgIpc) is 2.48. The van der Waals surface area contributed by atoms with Crippen molar-refractivity contribution in [3.05, 3.63) is 64.6 Å². The maximum atomic E-state index is 11.9. The highest BCUT2D eigenvalue weighted by atomic mass is 79.9. The van der Waals surface area contributed by atoms with Crippen molar-refractivity contribution >= 4 is 27.5 Å². The lowest BCUT2D eigenvalue weighted by Crippen LogP contribution is -2.28. The van der Waals surface area contributed by atoms with Crippen molar-refractivity contribution in [3.8, 4) is 0 Å². The van der Waals surface area contributed by atoms with Gasteiger partial charge < -0.3 is 10.6 Å². The summed E-state index contributed by atoms with van der Waals surface area (Å²) in [4.78, 5) is 11.9. The Labute approximate surface area is 133 Å². The van der Waals surface area contributed by atoms with Gasteiger partial charge in [0.2, 0.25) is 5.91 Å². The number of halogens is 1. The number of carbonyl (C=O) groups is 1. The Kier molecular flexibility index (Phi) is 5.81. The van der Waals surface area contributed by atoms with E-state index in [1.165, 1.54) is 0 Å². The number of nitrogens with one attached hydrogen (secondary N) is 2. The number of hydrogen-bond donors (Lipinski definition) is 2. The van der Waals surface area contributed by atoms with Gasteiger partial charge in [-0.3, -0.25) is 4.79 Å². The van der Waals surface area contributed by atoms with Gasteiger partial charge in [-0.2, -0.15) is 0 Å². The lowest BCUT2D eigenvalue weighted by atomic mass is 10.1. The third-order valence-corrected chi connectivity index (χ3v) is 3.68. The summed E-state index contributed by atoms with van der Waals surface area (Å²) in [6, 6.07) is 17.9. The van der Waals surface area contributed by atoms with Crippen LogP contribution >= 0.6 is 15.9 Å². The summed E-state index contributed by atoms with van der Waals surface area (Å²) in [6.45, 7) is 2.61. The highest BCUT2D eigenvalue weighted by molar-refractivity contribution is 9.10. The summed E-state index contributed by atoms with van der Waals surface area (Å²) in [5, 5.41) is 6.24. The smallest absolute Gasteiger partial charge is 0.222 e. The van der Waals surface area contributed by atoms with E-state index in [1.807, 2.05) is 61.5 Å². The first kappa shape index (κ1) is 15.6. The van der Waals surface area contributed by atoms with E-state index in [0.717, 1.165) is 15.7 Å². The number of carbonyl (C=O) groups excluding carboxylic acids is 1. The molecule has 2 N–H and O–H groups in total.